The number of anilines is 1. The van der Waals surface area contributed by atoms with Gasteiger partial charge in [-0.1, -0.05) is 0 Å². The summed E-state index contributed by atoms with van der Waals surface area (Å²) in [5, 5.41) is 15.5. The zero-order valence-electron chi connectivity index (χ0n) is 12.1. The third-order valence-corrected chi connectivity index (χ3v) is 3.89. The zero-order chi connectivity index (χ0) is 14.9. The second-order valence-electron chi connectivity index (χ2n) is 5.10. The summed E-state index contributed by atoms with van der Waals surface area (Å²) in [6.45, 7) is 2.77. The maximum atomic E-state index is 11.3. The standard InChI is InChI=1S/C12H21N5O3/c1-8-11(17(18)19)12(15(2)14-8)16-5-4-10(20-3)6-9(16)7-13/h9-10H,4-7,13H2,1-3H3. The summed E-state index contributed by atoms with van der Waals surface area (Å²) in [6.07, 6.45) is 1.76. The number of piperidine rings is 1. The van der Waals surface area contributed by atoms with Crippen LogP contribution in [0, 0.1) is 17.0 Å². The van der Waals surface area contributed by atoms with Crippen LogP contribution in [0.25, 0.3) is 0 Å². The Labute approximate surface area is 117 Å². The van der Waals surface area contributed by atoms with Gasteiger partial charge < -0.3 is 15.4 Å². The number of nitrogens with zero attached hydrogens (tertiary/aromatic N) is 4. The second kappa shape index (κ2) is 5.76. The normalized spacial score (nSPS) is 23.1. The van der Waals surface area contributed by atoms with E-state index in [9.17, 15) is 10.1 Å². The monoisotopic (exact) mass is 283 g/mol. The lowest BCUT2D eigenvalue weighted by molar-refractivity contribution is -0.384. The van der Waals surface area contributed by atoms with Crippen LogP contribution in [0.3, 0.4) is 0 Å². The maximum Gasteiger partial charge on any atom is 0.333 e. The molecule has 0 aromatic carbocycles. The number of aromatic nitrogens is 2. The minimum atomic E-state index is -0.367. The highest BCUT2D eigenvalue weighted by atomic mass is 16.6. The van der Waals surface area contributed by atoms with E-state index in [0.717, 1.165) is 12.8 Å². The van der Waals surface area contributed by atoms with E-state index in [1.54, 1.807) is 25.8 Å². The Bertz CT molecular complexity index is 502. The summed E-state index contributed by atoms with van der Waals surface area (Å²) >= 11 is 0. The van der Waals surface area contributed by atoms with Gasteiger partial charge in [0, 0.05) is 33.3 Å². The highest BCUT2D eigenvalue weighted by molar-refractivity contribution is 5.62. The fourth-order valence-corrected chi connectivity index (χ4v) is 2.90. The number of methoxy groups -OCH3 is 1. The molecule has 0 saturated carbocycles. The molecule has 0 aliphatic carbocycles. The van der Waals surface area contributed by atoms with Gasteiger partial charge in [0.1, 0.15) is 5.69 Å². The molecule has 20 heavy (non-hydrogen) atoms. The molecular formula is C12H21N5O3. The molecule has 0 amide bonds. The topological polar surface area (TPSA) is 99.5 Å². The molecule has 1 aromatic rings. The van der Waals surface area contributed by atoms with Crippen LogP contribution in [0.4, 0.5) is 11.5 Å². The SMILES string of the molecule is COC1CCN(c2c([N+](=O)[O-])c(C)nn2C)C(CN)C1. The molecule has 0 bridgehead atoms. The van der Waals surface area contributed by atoms with E-state index in [0.29, 0.717) is 24.6 Å². The van der Waals surface area contributed by atoms with Crippen molar-refractivity contribution in [2.24, 2.45) is 12.8 Å². The largest absolute Gasteiger partial charge is 0.381 e. The summed E-state index contributed by atoms with van der Waals surface area (Å²) in [5.74, 6) is 0.539. The third-order valence-electron chi connectivity index (χ3n) is 3.89. The number of hydrogen-bond acceptors (Lipinski definition) is 6. The highest BCUT2D eigenvalue weighted by Gasteiger charge is 2.35. The molecule has 1 saturated heterocycles. The van der Waals surface area contributed by atoms with Crippen molar-refractivity contribution in [2.75, 3.05) is 25.1 Å². The number of rotatable bonds is 4. The Morgan fingerprint density at radius 1 is 1.60 bits per heavy atom. The van der Waals surface area contributed by atoms with Crippen molar-refractivity contribution in [3.63, 3.8) is 0 Å². The van der Waals surface area contributed by atoms with Crippen LogP contribution in [0.5, 0.6) is 0 Å². The van der Waals surface area contributed by atoms with Gasteiger partial charge in [0.15, 0.2) is 0 Å². The molecule has 2 heterocycles. The molecule has 2 rings (SSSR count). The number of aryl methyl sites for hydroxylation is 2. The summed E-state index contributed by atoms with van der Waals surface area (Å²) in [4.78, 5) is 12.9. The van der Waals surface area contributed by atoms with E-state index in [1.165, 1.54) is 0 Å². The average molecular weight is 283 g/mol. The van der Waals surface area contributed by atoms with E-state index in [1.807, 2.05) is 4.90 Å². The second-order valence-corrected chi connectivity index (χ2v) is 5.10. The number of ether oxygens (including phenoxy) is 1. The first-order chi connectivity index (χ1) is 9.49. The van der Waals surface area contributed by atoms with Crippen molar-refractivity contribution in [1.29, 1.82) is 0 Å². The van der Waals surface area contributed by atoms with E-state index in [2.05, 4.69) is 5.10 Å². The third kappa shape index (κ3) is 2.48. The minimum Gasteiger partial charge on any atom is -0.381 e. The molecule has 1 aromatic heterocycles. The van der Waals surface area contributed by atoms with E-state index < -0.39 is 0 Å². The summed E-state index contributed by atoms with van der Waals surface area (Å²) < 4.78 is 6.95. The lowest BCUT2D eigenvalue weighted by atomic mass is 9.99. The van der Waals surface area contributed by atoms with Crippen LogP contribution in [-0.2, 0) is 11.8 Å². The Kier molecular flexibility index (Phi) is 4.24. The van der Waals surface area contributed by atoms with Gasteiger partial charge in [-0.2, -0.15) is 5.10 Å². The minimum absolute atomic E-state index is 0.0298. The summed E-state index contributed by atoms with van der Waals surface area (Å²) in [7, 11) is 3.41. The van der Waals surface area contributed by atoms with Crippen LogP contribution in [-0.4, -0.2) is 47.0 Å². The van der Waals surface area contributed by atoms with Gasteiger partial charge in [-0.15, -0.1) is 0 Å². The van der Waals surface area contributed by atoms with Crippen LogP contribution >= 0.6 is 0 Å². The van der Waals surface area contributed by atoms with Crippen molar-refractivity contribution in [3.05, 3.63) is 15.8 Å². The summed E-state index contributed by atoms with van der Waals surface area (Å²) in [6, 6.07) is 0.0298. The van der Waals surface area contributed by atoms with Crippen LogP contribution in [0.2, 0.25) is 0 Å². The summed E-state index contributed by atoms with van der Waals surface area (Å²) in [5.41, 5.74) is 6.33. The van der Waals surface area contributed by atoms with Crippen molar-refractivity contribution in [3.8, 4) is 0 Å². The Morgan fingerprint density at radius 3 is 2.85 bits per heavy atom. The first-order valence-electron chi connectivity index (χ1n) is 6.67. The molecule has 0 spiro atoms. The molecule has 2 N–H and O–H groups in total. The highest BCUT2D eigenvalue weighted by Crippen LogP contribution is 2.35. The fourth-order valence-electron chi connectivity index (χ4n) is 2.90. The Balaban J connectivity index is 2.38. The van der Waals surface area contributed by atoms with Crippen LogP contribution < -0.4 is 10.6 Å². The molecule has 112 valence electrons. The van der Waals surface area contributed by atoms with E-state index in [4.69, 9.17) is 10.5 Å². The van der Waals surface area contributed by atoms with Crippen LogP contribution in [0.15, 0.2) is 0 Å². The lowest BCUT2D eigenvalue weighted by Gasteiger charge is -2.39. The quantitative estimate of drug-likeness (QED) is 0.641. The predicted octanol–water partition coefficient (Wildman–Crippen LogP) is 0.579. The molecule has 2 atom stereocenters. The van der Waals surface area contributed by atoms with Gasteiger partial charge in [0.05, 0.1) is 11.0 Å². The Hall–Kier alpha value is -1.67. The van der Waals surface area contributed by atoms with Gasteiger partial charge >= 0.3 is 5.69 Å². The zero-order valence-corrected chi connectivity index (χ0v) is 12.1. The van der Waals surface area contributed by atoms with Gasteiger partial charge in [0.2, 0.25) is 5.82 Å². The fraction of sp³-hybridized carbons (Fsp3) is 0.750. The Morgan fingerprint density at radius 2 is 2.30 bits per heavy atom. The first-order valence-corrected chi connectivity index (χ1v) is 6.67. The maximum absolute atomic E-state index is 11.3. The number of hydrogen-bond donors (Lipinski definition) is 1. The van der Waals surface area contributed by atoms with Gasteiger partial charge in [0.25, 0.3) is 0 Å². The molecule has 1 aliphatic rings. The van der Waals surface area contributed by atoms with Crippen molar-refractivity contribution >= 4 is 11.5 Å². The molecule has 8 nitrogen and oxygen atoms in total. The molecule has 1 aliphatic heterocycles. The molecule has 8 heteroatoms. The number of nitrogens with two attached hydrogens (primary N) is 1. The van der Waals surface area contributed by atoms with Crippen molar-refractivity contribution in [2.45, 2.75) is 31.9 Å². The predicted molar refractivity (Wildman–Crippen MR) is 74.8 cm³/mol. The van der Waals surface area contributed by atoms with Gasteiger partial charge in [-0.05, 0) is 19.8 Å². The average Bonchev–Trinajstić information content (AvgIpc) is 2.72. The number of nitro groups is 1. The van der Waals surface area contributed by atoms with E-state index >= 15 is 0 Å². The first kappa shape index (κ1) is 14.7. The molecule has 2 unspecified atom stereocenters. The molecular weight excluding hydrogens is 262 g/mol. The van der Waals surface area contributed by atoms with Crippen molar-refractivity contribution in [1.82, 2.24) is 9.78 Å². The lowest BCUT2D eigenvalue weighted by Crippen LogP contribution is -2.49. The molecule has 1 fully saturated rings. The van der Waals surface area contributed by atoms with E-state index in [-0.39, 0.29) is 22.8 Å². The van der Waals surface area contributed by atoms with Crippen LogP contribution in [0.1, 0.15) is 18.5 Å². The van der Waals surface area contributed by atoms with Gasteiger partial charge in [-0.3, -0.25) is 10.1 Å². The van der Waals surface area contributed by atoms with Gasteiger partial charge in [-0.25, -0.2) is 4.68 Å². The smallest absolute Gasteiger partial charge is 0.333 e. The molecule has 0 radical (unpaired) electrons. The van der Waals surface area contributed by atoms with Crippen molar-refractivity contribution < 1.29 is 9.66 Å².